The molecule has 0 spiro atoms. The van der Waals surface area contributed by atoms with Gasteiger partial charge in [-0.25, -0.2) is 24.0 Å². The van der Waals surface area contributed by atoms with Gasteiger partial charge in [0.1, 0.15) is 64.7 Å². The molecule has 1 heterocycles. The summed E-state index contributed by atoms with van der Waals surface area (Å²) in [5, 5.41) is 11.6. The van der Waals surface area contributed by atoms with Gasteiger partial charge in [0, 0.05) is 61.9 Å². The molecule has 7 amide bonds. The van der Waals surface area contributed by atoms with Crippen molar-refractivity contribution < 1.29 is 76.3 Å². The first-order valence-corrected chi connectivity index (χ1v) is 30.6. The highest BCUT2D eigenvalue weighted by Gasteiger charge is 2.37. The number of amides is 7. The molecule has 4 bridgehead atoms. The number of carbonyl (C=O) groups is 9. The van der Waals surface area contributed by atoms with E-state index in [0.29, 0.717) is 23.4 Å². The van der Waals surface area contributed by atoms with Crippen molar-refractivity contribution in [3.63, 3.8) is 0 Å². The third-order valence-electron chi connectivity index (χ3n) is 13.6. The number of hydrogen-bond donors (Lipinski definition) is 4. The molecule has 1 aliphatic rings. The third-order valence-corrected chi connectivity index (χ3v) is 13.9. The molecule has 4 aromatic rings. The Bertz CT molecular complexity index is 3220. The fraction of sp³-hybridized carbons (Fsp3) is 0.507. The van der Waals surface area contributed by atoms with Crippen LogP contribution in [0.1, 0.15) is 143 Å². The first-order valence-electron chi connectivity index (χ1n) is 30.2. The van der Waals surface area contributed by atoms with Crippen molar-refractivity contribution in [1.82, 2.24) is 36.0 Å². The minimum absolute atomic E-state index is 0.0206. The molecule has 4 atom stereocenters. The number of esters is 1. The maximum absolute atomic E-state index is 15.4. The molecule has 0 aromatic heterocycles. The van der Waals surface area contributed by atoms with E-state index >= 15 is 9.59 Å². The van der Waals surface area contributed by atoms with Crippen molar-refractivity contribution in [2.24, 2.45) is 0 Å². The van der Waals surface area contributed by atoms with Gasteiger partial charge in [-0.3, -0.25) is 19.2 Å². The lowest BCUT2D eigenvalue weighted by Crippen LogP contribution is -2.55. The summed E-state index contributed by atoms with van der Waals surface area (Å²) in [7, 11) is 4.12. The Morgan fingerprint density at radius 3 is 1.84 bits per heavy atom. The lowest BCUT2D eigenvalue weighted by molar-refractivity contribution is -0.145. The maximum Gasteiger partial charge on any atom is 0.514 e. The molecule has 1 aliphatic heterocycles. The second-order valence-corrected chi connectivity index (χ2v) is 26.6. The number of alkyl carbamates (subject to hydrolysis) is 1. The number of methoxy groups -OCH3 is 1. The molecule has 4 aromatic carbocycles. The minimum Gasteiger partial charge on any atom is -0.491 e. The van der Waals surface area contributed by atoms with Gasteiger partial charge in [-0.05, 0) is 186 Å². The highest BCUT2D eigenvalue weighted by Crippen LogP contribution is 2.41. The molecule has 496 valence electrons. The number of halogens is 1. The van der Waals surface area contributed by atoms with E-state index in [1.807, 2.05) is 12.1 Å². The number of nitrogens with one attached hydrogen (secondary N) is 4. The van der Waals surface area contributed by atoms with Crippen molar-refractivity contribution in [2.45, 2.75) is 169 Å². The zero-order valence-corrected chi connectivity index (χ0v) is 56.0. The van der Waals surface area contributed by atoms with Crippen LogP contribution in [0.2, 0.25) is 5.02 Å². The summed E-state index contributed by atoms with van der Waals surface area (Å²) in [5.74, 6) is -3.73. The molecule has 0 radical (unpaired) electrons. The van der Waals surface area contributed by atoms with Crippen LogP contribution < -0.4 is 30.7 Å². The van der Waals surface area contributed by atoms with Crippen LogP contribution in [0, 0.1) is 0 Å². The minimum atomic E-state index is -1.60. The Labute approximate surface area is 538 Å². The molecule has 0 saturated carbocycles. The zero-order valence-electron chi connectivity index (χ0n) is 55.2. The van der Waals surface area contributed by atoms with Gasteiger partial charge in [-0.2, -0.15) is 0 Å². The largest absolute Gasteiger partial charge is 0.514 e. The summed E-state index contributed by atoms with van der Waals surface area (Å²) in [4.78, 5) is 129. The molecule has 4 N–H and O–H groups in total. The van der Waals surface area contributed by atoms with Crippen molar-refractivity contribution in [1.29, 1.82) is 0 Å². The number of hydrogen-bond acceptors (Lipinski definition) is 16. The summed E-state index contributed by atoms with van der Waals surface area (Å²) in [6, 6.07) is 17.7. The molecule has 0 aliphatic carbocycles. The standard InChI is InChI=1S/C67H90ClN7O16/c1-41-55(76)72-51(59(80)85-16)39-42-21-31-53(87-63(84)91-67(11,12)13)48(38-42)49-40-46(28-32-52(49)86-37-36-75(62(83)90-66(8,9)10)35-19-34-73(14)61(82)89-65(5,6)7)54(57(78)70-41)74(15)58(79)50(20-17-18-33-69-60(81)88-64(2,3)4)71-56(77)45-24-22-43(23-25-45)44-26-29-47(68)30-27-44/h21-32,38,40-41,50-51,54H,17-20,33-37,39H2,1-16H3,(H,69,81)(H,70,78)(H,71,77)(H,72,76). The van der Waals surface area contributed by atoms with E-state index in [0.717, 1.165) is 23.1 Å². The van der Waals surface area contributed by atoms with E-state index in [1.165, 1.54) is 42.0 Å². The van der Waals surface area contributed by atoms with Crippen LogP contribution in [0.15, 0.2) is 84.9 Å². The number of likely N-dealkylation sites (N-methyl/N-ethyl adjacent to an activating group) is 1. The fourth-order valence-electron chi connectivity index (χ4n) is 9.32. The van der Waals surface area contributed by atoms with Gasteiger partial charge in [-0.15, -0.1) is 0 Å². The predicted molar refractivity (Wildman–Crippen MR) is 343 cm³/mol. The van der Waals surface area contributed by atoms with E-state index in [4.69, 9.17) is 44.8 Å². The highest BCUT2D eigenvalue weighted by atomic mass is 35.5. The highest BCUT2D eigenvalue weighted by molar-refractivity contribution is 6.30. The first-order chi connectivity index (χ1) is 42.4. The van der Waals surface area contributed by atoms with Crippen LogP contribution in [-0.4, -0.2) is 163 Å². The van der Waals surface area contributed by atoms with E-state index in [2.05, 4.69) is 21.3 Å². The maximum atomic E-state index is 15.4. The fourth-order valence-corrected chi connectivity index (χ4v) is 9.44. The quantitative estimate of drug-likeness (QED) is 0.0277. The van der Waals surface area contributed by atoms with Crippen LogP contribution in [-0.2, 0) is 49.3 Å². The van der Waals surface area contributed by atoms with Crippen LogP contribution in [0.25, 0.3) is 22.3 Å². The topological polar surface area (TPSA) is 276 Å². The Morgan fingerprint density at radius 2 is 1.23 bits per heavy atom. The average Bonchev–Trinajstić information content (AvgIpc) is 0.809. The number of unbranched alkanes of at least 4 members (excludes halogenated alkanes) is 1. The van der Waals surface area contributed by atoms with Crippen molar-refractivity contribution in [3.8, 4) is 33.8 Å². The second kappa shape index (κ2) is 31.9. The summed E-state index contributed by atoms with van der Waals surface area (Å²) in [5.41, 5.74) is -0.563. The first kappa shape index (κ1) is 73.1. The van der Waals surface area contributed by atoms with Crippen LogP contribution >= 0.6 is 11.6 Å². The Morgan fingerprint density at radius 1 is 0.648 bits per heavy atom. The van der Waals surface area contributed by atoms with Gasteiger partial charge in [0.15, 0.2) is 0 Å². The zero-order chi connectivity index (χ0) is 67.8. The van der Waals surface area contributed by atoms with Gasteiger partial charge in [0.25, 0.3) is 5.91 Å². The Hall–Kier alpha value is -8.60. The SMILES string of the molecule is COC(=O)C1Cc2ccc(OC(=O)OC(C)(C)C)c(c2)-c2cc(ccc2OCCN(CCCN(C)C(=O)OC(C)(C)C)C(=O)OC(C)(C)C)C(N(C)C(=O)C(CCCCNC(=O)OC(C)(C)C)NC(=O)c2ccc(-c3ccc(Cl)cc3)cc2)C(=O)NC(C)C(=O)N1. The van der Waals surface area contributed by atoms with E-state index in [-0.39, 0.29) is 85.8 Å². The molecular formula is C67H90ClN7O16. The molecule has 91 heavy (non-hydrogen) atoms. The van der Waals surface area contributed by atoms with Crippen LogP contribution in [0.4, 0.5) is 19.2 Å². The lowest BCUT2D eigenvalue weighted by atomic mass is 9.93. The summed E-state index contributed by atoms with van der Waals surface area (Å²) in [6.45, 7) is 22.3. The third kappa shape index (κ3) is 23.6. The lowest BCUT2D eigenvalue weighted by Gasteiger charge is -2.33. The van der Waals surface area contributed by atoms with Gasteiger partial charge >= 0.3 is 30.4 Å². The number of benzene rings is 4. The predicted octanol–water partition coefficient (Wildman–Crippen LogP) is 10.6. The van der Waals surface area contributed by atoms with Crippen molar-refractivity contribution in [2.75, 3.05) is 54.0 Å². The molecule has 0 fully saturated rings. The summed E-state index contributed by atoms with van der Waals surface area (Å²) < 4.78 is 39.9. The van der Waals surface area contributed by atoms with Crippen LogP contribution in [0.3, 0.4) is 0 Å². The number of nitrogens with zero attached hydrogens (tertiary/aromatic N) is 3. The van der Waals surface area contributed by atoms with Gasteiger partial charge in [-0.1, -0.05) is 48.0 Å². The number of carbonyl (C=O) groups excluding carboxylic acids is 9. The van der Waals surface area contributed by atoms with E-state index < -0.39 is 101 Å². The number of ether oxygens (including phenoxy) is 7. The smallest absolute Gasteiger partial charge is 0.491 e. The normalized spacial score (nSPS) is 15.6. The molecular weight excluding hydrogens is 1190 g/mol. The number of rotatable bonds is 20. The van der Waals surface area contributed by atoms with E-state index in [1.54, 1.807) is 145 Å². The number of fused-ring (bicyclic) bond motifs is 5. The van der Waals surface area contributed by atoms with E-state index in [9.17, 15) is 33.6 Å². The molecule has 0 saturated heterocycles. The van der Waals surface area contributed by atoms with Gasteiger partial charge in [0.05, 0.1) is 13.7 Å². The molecule has 4 unspecified atom stereocenters. The summed E-state index contributed by atoms with van der Waals surface area (Å²) in [6.07, 6.45) is -2.09. The van der Waals surface area contributed by atoms with Crippen LogP contribution in [0.5, 0.6) is 11.5 Å². The monoisotopic (exact) mass is 1280 g/mol. The average molecular weight is 1280 g/mol. The summed E-state index contributed by atoms with van der Waals surface area (Å²) >= 11 is 6.14. The molecule has 23 nitrogen and oxygen atoms in total. The molecule has 5 rings (SSSR count). The van der Waals surface area contributed by atoms with Gasteiger partial charge < -0.3 is 69.1 Å². The van der Waals surface area contributed by atoms with Crippen molar-refractivity contribution in [3.05, 3.63) is 107 Å². The second-order valence-electron chi connectivity index (χ2n) is 26.1. The molecule has 24 heteroatoms. The van der Waals surface area contributed by atoms with Gasteiger partial charge in [0.2, 0.25) is 17.7 Å². The Kier molecular flexibility index (Phi) is 25.7. The van der Waals surface area contributed by atoms with Crippen molar-refractivity contribution >= 4 is 65.6 Å². The Balaban J connectivity index is 1.65.